The zero-order valence-corrected chi connectivity index (χ0v) is 17.2. The molecule has 0 radical (unpaired) electrons. The van der Waals surface area contributed by atoms with Crippen molar-refractivity contribution in [1.29, 1.82) is 0 Å². The Labute approximate surface area is 171 Å². The molecular formula is C22H30N4O3. The number of rotatable bonds is 7. The summed E-state index contributed by atoms with van der Waals surface area (Å²) in [4.78, 5) is 27.1. The molecule has 1 aromatic heterocycles. The van der Waals surface area contributed by atoms with E-state index in [2.05, 4.69) is 22.7 Å². The van der Waals surface area contributed by atoms with E-state index in [1.807, 2.05) is 24.3 Å². The van der Waals surface area contributed by atoms with Crippen LogP contribution in [0.5, 0.6) is 0 Å². The lowest BCUT2D eigenvalue weighted by Crippen LogP contribution is -2.43. The van der Waals surface area contributed by atoms with E-state index in [1.165, 1.54) is 19.3 Å². The standard InChI is InChI=1S/C22H30N4O3/c1-3-17-10-7-11-19(13-17)23-22(28)26(14-18-8-5-4-6-9-18)15-21(27)24-20-12-16(2)29-25-20/h7,10-13,18H,3-6,8-9,14-15H2,1-2H3,(H,23,28)(H,24,25,27). The second-order valence-corrected chi connectivity index (χ2v) is 7.74. The molecule has 156 valence electrons. The number of urea groups is 1. The van der Waals surface area contributed by atoms with Crippen molar-refractivity contribution in [2.75, 3.05) is 23.7 Å². The highest BCUT2D eigenvalue weighted by molar-refractivity contribution is 5.96. The highest BCUT2D eigenvalue weighted by atomic mass is 16.5. The van der Waals surface area contributed by atoms with Gasteiger partial charge in [-0.15, -0.1) is 0 Å². The van der Waals surface area contributed by atoms with E-state index < -0.39 is 0 Å². The molecule has 0 unspecified atom stereocenters. The Kier molecular flexibility index (Phi) is 7.27. The van der Waals surface area contributed by atoms with Gasteiger partial charge in [0.15, 0.2) is 5.82 Å². The van der Waals surface area contributed by atoms with Crippen molar-refractivity contribution >= 4 is 23.4 Å². The topological polar surface area (TPSA) is 87.5 Å². The number of hydrogen-bond donors (Lipinski definition) is 2. The Hall–Kier alpha value is -2.83. The summed E-state index contributed by atoms with van der Waals surface area (Å²) in [6, 6.07) is 9.20. The fourth-order valence-corrected chi connectivity index (χ4v) is 3.75. The van der Waals surface area contributed by atoms with E-state index in [-0.39, 0.29) is 18.5 Å². The molecule has 1 fully saturated rings. The molecule has 0 bridgehead atoms. The van der Waals surface area contributed by atoms with Crippen molar-refractivity contribution < 1.29 is 14.1 Å². The minimum atomic E-state index is -0.286. The van der Waals surface area contributed by atoms with E-state index in [9.17, 15) is 9.59 Å². The third kappa shape index (κ3) is 6.34. The molecule has 3 amide bonds. The van der Waals surface area contributed by atoms with Crippen LogP contribution in [0, 0.1) is 12.8 Å². The maximum absolute atomic E-state index is 13.0. The number of nitrogens with one attached hydrogen (secondary N) is 2. The number of benzene rings is 1. The molecule has 0 spiro atoms. The van der Waals surface area contributed by atoms with E-state index in [1.54, 1.807) is 17.9 Å². The van der Waals surface area contributed by atoms with Gasteiger partial charge in [-0.3, -0.25) is 4.79 Å². The van der Waals surface area contributed by atoms with Crippen LogP contribution < -0.4 is 10.6 Å². The van der Waals surface area contributed by atoms with E-state index in [0.717, 1.165) is 30.5 Å². The predicted molar refractivity (Wildman–Crippen MR) is 113 cm³/mol. The molecule has 1 aliphatic carbocycles. The SMILES string of the molecule is CCc1cccc(NC(=O)N(CC(=O)Nc2cc(C)on2)CC2CCCCC2)c1. The summed E-state index contributed by atoms with van der Waals surface area (Å²) in [5.41, 5.74) is 1.90. The third-order valence-corrected chi connectivity index (χ3v) is 5.31. The summed E-state index contributed by atoms with van der Waals surface area (Å²) in [5.74, 6) is 1.12. The van der Waals surface area contributed by atoms with Crippen molar-refractivity contribution in [3.63, 3.8) is 0 Å². The first-order chi connectivity index (χ1) is 14.0. The van der Waals surface area contributed by atoms with E-state index >= 15 is 0 Å². The zero-order chi connectivity index (χ0) is 20.6. The normalized spacial score (nSPS) is 14.4. The number of carbonyl (C=O) groups excluding carboxylic acids is 2. The Bertz CT molecular complexity index is 827. The minimum Gasteiger partial charge on any atom is -0.360 e. The second-order valence-electron chi connectivity index (χ2n) is 7.74. The van der Waals surface area contributed by atoms with Gasteiger partial charge in [0.05, 0.1) is 0 Å². The molecule has 1 saturated carbocycles. The zero-order valence-electron chi connectivity index (χ0n) is 17.2. The van der Waals surface area contributed by atoms with Crippen molar-refractivity contribution in [3.8, 4) is 0 Å². The van der Waals surface area contributed by atoms with Crippen LogP contribution in [0.4, 0.5) is 16.3 Å². The average molecular weight is 399 g/mol. The van der Waals surface area contributed by atoms with E-state index in [4.69, 9.17) is 4.52 Å². The fraction of sp³-hybridized carbons (Fsp3) is 0.500. The van der Waals surface area contributed by atoms with Gasteiger partial charge in [0.2, 0.25) is 5.91 Å². The fourth-order valence-electron chi connectivity index (χ4n) is 3.75. The summed E-state index contributed by atoms with van der Waals surface area (Å²) in [7, 11) is 0. The van der Waals surface area contributed by atoms with Gasteiger partial charge in [0.25, 0.3) is 0 Å². The average Bonchev–Trinajstić information content (AvgIpc) is 3.12. The van der Waals surface area contributed by atoms with Crippen LogP contribution in [-0.2, 0) is 11.2 Å². The largest absolute Gasteiger partial charge is 0.360 e. The van der Waals surface area contributed by atoms with Gasteiger partial charge < -0.3 is 20.1 Å². The van der Waals surface area contributed by atoms with Crippen molar-refractivity contribution in [3.05, 3.63) is 41.7 Å². The Morgan fingerprint density at radius 3 is 2.66 bits per heavy atom. The smallest absolute Gasteiger partial charge is 0.322 e. The van der Waals surface area contributed by atoms with Gasteiger partial charge in [-0.25, -0.2) is 4.79 Å². The lowest BCUT2D eigenvalue weighted by atomic mass is 9.89. The monoisotopic (exact) mass is 398 g/mol. The molecule has 7 heteroatoms. The first-order valence-corrected chi connectivity index (χ1v) is 10.4. The Morgan fingerprint density at radius 2 is 1.97 bits per heavy atom. The molecule has 0 aliphatic heterocycles. The minimum absolute atomic E-state index is 0.0261. The van der Waals surface area contributed by atoms with Gasteiger partial charge >= 0.3 is 6.03 Å². The van der Waals surface area contributed by atoms with Crippen LogP contribution in [0.3, 0.4) is 0 Å². The van der Waals surface area contributed by atoms with Crippen LogP contribution in [-0.4, -0.2) is 35.1 Å². The van der Waals surface area contributed by atoms with Gasteiger partial charge in [-0.1, -0.05) is 43.5 Å². The number of carbonyl (C=O) groups is 2. The summed E-state index contributed by atoms with van der Waals surface area (Å²) in [6.07, 6.45) is 6.71. The van der Waals surface area contributed by atoms with Gasteiger partial charge in [0.1, 0.15) is 12.3 Å². The van der Waals surface area contributed by atoms with Crippen molar-refractivity contribution in [2.24, 2.45) is 5.92 Å². The first kappa shape index (κ1) is 20.9. The summed E-state index contributed by atoms with van der Waals surface area (Å²) in [6.45, 7) is 4.38. The van der Waals surface area contributed by atoms with Crippen LogP contribution in [0.15, 0.2) is 34.9 Å². The molecule has 0 atom stereocenters. The van der Waals surface area contributed by atoms with Crippen LogP contribution >= 0.6 is 0 Å². The molecule has 3 rings (SSSR count). The molecule has 29 heavy (non-hydrogen) atoms. The summed E-state index contributed by atoms with van der Waals surface area (Å²) >= 11 is 0. The molecule has 1 aliphatic rings. The predicted octanol–water partition coefficient (Wildman–Crippen LogP) is 4.60. The maximum Gasteiger partial charge on any atom is 0.322 e. The molecule has 1 heterocycles. The van der Waals surface area contributed by atoms with Crippen LogP contribution in [0.1, 0.15) is 50.4 Å². The lowest BCUT2D eigenvalue weighted by Gasteiger charge is -2.29. The molecule has 2 N–H and O–H groups in total. The van der Waals surface area contributed by atoms with Crippen molar-refractivity contribution in [2.45, 2.75) is 52.4 Å². The second kappa shape index (κ2) is 10.1. The number of nitrogens with zero attached hydrogens (tertiary/aromatic N) is 2. The molecule has 0 saturated heterocycles. The van der Waals surface area contributed by atoms with Gasteiger partial charge in [-0.2, -0.15) is 0 Å². The number of aryl methyl sites for hydroxylation is 2. The van der Waals surface area contributed by atoms with Crippen LogP contribution in [0.2, 0.25) is 0 Å². The maximum atomic E-state index is 13.0. The molecule has 1 aromatic carbocycles. The lowest BCUT2D eigenvalue weighted by molar-refractivity contribution is -0.116. The highest BCUT2D eigenvalue weighted by Crippen LogP contribution is 2.25. The summed E-state index contributed by atoms with van der Waals surface area (Å²) < 4.78 is 4.98. The Morgan fingerprint density at radius 1 is 1.17 bits per heavy atom. The third-order valence-electron chi connectivity index (χ3n) is 5.31. The van der Waals surface area contributed by atoms with Gasteiger partial charge in [0, 0.05) is 18.3 Å². The van der Waals surface area contributed by atoms with Crippen molar-refractivity contribution in [1.82, 2.24) is 10.1 Å². The number of amides is 3. The number of anilines is 2. The quantitative estimate of drug-likeness (QED) is 0.714. The van der Waals surface area contributed by atoms with Crippen LogP contribution in [0.25, 0.3) is 0 Å². The highest BCUT2D eigenvalue weighted by Gasteiger charge is 2.23. The first-order valence-electron chi connectivity index (χ1n) is 10.4. The van der Waals surface area contributed by atoms with E-state index in [0.29, 0.717) is 24.0 Å². The number of hydrogen-bond acceptors (Lipinski definition) is 4. The molecular weight excluding hydrogens is 368 g/mol. The molecule has 2 aromatic rings. The Balaban J connectivity index is 1.66. The number of aromatic nitrogens is 1. The molecule has 7 nitrogen and oxygen atoms in total. The van der Waals surface area contributed by atoms with Gasteiger partial charge in [-0.05, 0) is 49.8 Å². The summed E-state index contributed by atoms with van der Waals surface area (Å²) in [5, 5.41) is 9.44.